The normalized spacial score (nSPS) is 14.4. The van der Waals surface area contributed by atoms with E-state index >= 15 is 0 Å². The van der Waals surface area contributed by atoms with Gasteiger partial charge in [-0.3, -0.25) is 9.69 Å². The Bertz CT molecular complexity index is 1130. The molecule has 1 aliphatic rings. The minimum Gasteiger partial charge on any atom is -0.490 e. The summed E-state index contributed by atoms with van der Waals surface area (Å²) in [6, 6.07) is 21.1. The van der Waals surface area contributed by atoms with Crippen LogP contribution in [0.5, 0.6) is 17.2 Å². The molecule has 0 saturated heterocycles. The predicted molar refractivity (Wildman–Crippen MR) is 136 cm³/mol. The Kier molecular flexibility index (Phi) is 8.03. The van der Waals surface area contributed by atoms with Gasteiger partial charge in [0.1, 0.15) is 17.2 Å². The lowest BCUT2D eigenvalue weighted by molar-refractivity contribution is -0.115. The molecule has 182 valence electrons. The molecule has 3 aromatic carbocycles. The monoisotopic (exact) mass is 473 g/mol. The molecule has 0 aliphatic heterocycles. The Morgan fingerprint density at radius 2 is 1.31 bits per heavy atom. The quantitative estimate of drug-likeness (QED) is 0.388. The van der Waals surface area contributed by atoms with Crippen molar-refractivity contribution in [3.8, 4) is 17.2 Å². The highest BCUT2D eigenvalue weighted by atomic mass is 16.5. The summed E-state index contributed by atoms with van der Waals surface area (Å²) < 4.78 is 12.2. The Balaban J connectivity index is 1.43. The number of benzene rings is 3. The molecule has 3 aromatic rings. The number of carboxylic acids is 1. The summed E-state index contributed by atoms with van der Waals surface area (Å²) in [7, 11) is 0. The fraction of sp³-hybridized carbons (Fsp3) is 0.310. The van der Waals surface area contributed by atoms with E-state index in [1.807, 2.05) is 24.3 Å². The maximum Gasteiger partial charge on any atom is 0.337 e. The molecule has 0 spiro atoms. The summed E-state index contributed by atoms with van der Waals surface area (Å²) >= 11 is 0. The molecule has 0 atom stereocenters. The van der Waals surface area contributed by atoms with Crippen LogP contribution in [-0.2, 0) is 4.79 Å². The molecule has 1 saturated carbocycles. The van der Waals surface area contributed by atoms with Crippen molar-refractivity contribution in [3.63, 3.8) is 0 Å². The number of aromatic carboxylic acids is 1. The summed E-state index contributed by atoms with van der Waals surface area (Å²) in [6.07, 6.45) is 8.88. The Labute approximate surface area is 206 Å². The average Bonchev–Trinajstić information content (AvgIpc) is 2.83. The molecule has 1 fully saturated rings. The zero-order chi connectivity index (χ0) is 24.6. The number of hydrogen-bond donors (Lipinski definition) is 1. The predicted octanol–water partition coefficient (Wildman–Crippen LogP) is 7.35. The van der Waals surface area contributed by atoms with Crippen LogP contribution in [0.4, 0.5) is 11.4 Å². The molecule has 1 N–H and O–H groups in total. The van der Waals surface area contributed by atoms with Gasteiger partial charge < -0.3 is 14.6 Å². The van der Waals surface area contributed by atoms with Crippen molar-refractivity contribution in [2.24, 2.45) is 0 Å². The highest BCUT2D eigenvalue weighted by molar-refractivity contribution is 6.05. The summed E-state index contributed by atoms with van der Waals surface area (Å²) in [5.41, 5.74) is 0.937. The fourth-order valence-corrected chi connectivity index (χ4v) is 4.45. The van der Waals surface area contributed by atoms with Crippen LogP contribution < -0.4 is 14.4 Å². The molecular formula is C29H31NO5. The highest BCUT2D eigenvalue weighted by Crippen LogP contribution is 2.32. The molecule has 6 nitrogen and oxygen atoms in total. The van der Waals surface area contributed by atoms with Gasteiger partial charge >= 0.3 is 5.97 Å². The van der Waals surface area contributed by atoms with Crippen LogP contribution >= 0.6 is 0 Å². The van der Waals surface area contributed by atoms with Gasteiger partial charge in [0.25, 0.3) is 0 Å². The molecule has 1 amide bonds. The van der Waals surface area contributed by atoms with Crippen molar-refractivity contribution in [1.82, 2.24) is 0 Å². The third-order valence-corrected chi connectivity index (χ3v) is 6.20. The van der Waals surface area contributed by atoms with Gasteiger partial charge in [-0.15, -0.1) is 0 Å². The van der Waals surface area contributed by atoms with Crippen LogP contribution in [0.15, 0.2) is 72.8 Å². The first-order chi connectivity index (χ1) is 17.0. The van der Waals surface area contributed by atoms with E-state index in [2.05, 4.69) is 0 Å². The standard InChI is InChI=1S/C29H31NO5/c1-21(31)30(28-12-8-7-11-27(28)29(32)33)22-13-15-24(16-14-22)35-26-19-17-25(18-20-26)34-23-9-5-3-2-4-6-10-23/h7-8,11-20,23H,2-6,9-10H2,1H3,(H,32,33). The largest absolute Gasteiger partial charge is 0.490 e. The maximum atomic E-state index is 12.4. The van der Waals surface area contributed by atoms with Crippen molar-refractivity contribution in [3.05, 3.63) is 78.4 Å². The molecule has 0 unspecified atom stereocenters. The van der Waals surface area contributed by atoms with E-state index in [1.54, 1.807) is 42.5 Å². The SMILES string of the molecule is CC(=O)N(c1ccc(Oc2ccc(OC3CCCCCCC3)cc2)cc1)c1ccccc1C(=O)O. The first-order valence-electron chi connectivity index (χ1n) is 12.2. The molecule has 0 radical (unpaired) electrons. The van der Waals surface area contributed by atoms with Crippen molar-refractivity contribution in [2.45, 2.75) is 58.0 Å². The molecular weight excluding hydrogens is 442 g/mol. The second-order valence-electron chi connectivity index (χ2n) is 8.83. The van der Waals surface area contributed by atoms with E-state index < -0.39 is 5.97 Å². The minimum absolute atomic E-state index is 0.0599. The number of hydrogen-bond acceptors (Lipinski definition) is 4. The van der Waals surface area contributed by atoms with Crippen LogP contribution in [0.25, 0.3) is 0 Å². The van der Waals surface area contributed by atoms with E-state index in [4.69, 9.17) is 9.47 Å². The van der Waals surface area contributed by atoms with Crippen LogP contribution in [0.1, 0.15) is 62.2 Å². The topological polar surface area (TPSA) is 76.1 Å². The average molecular weight is 474 g/mol. The molecule has 0 heterocycles. The lowest BCUT2D eigenvalue weighted by Crippen LogP contribution is -2.24. The van der Waals surface area contributed by atoms with Gasteiger partial charge in [-0.25, -0.2) is 4.79 Å². The number of carbonyl (C=O) groups is 2. The number of carboxylic acid groups (broad SMARTS) is 1. The van der Waals surface area contributed by atoms with Crippen molar-refractivity contribution >= 4 is 23.3 Å². The third kappa shape index (κ3) is 6.41. The van der Waals surface area contributed by atoms with Gasteiger partial charge in [-0.05, 0) is 86.3 Å². The first kappa shape index (κ1) is 24.3. The van der Waals surface area contributed by atoms with E-state index in [0.717, 1.165) is 18.6 Å². The summed E-state index contributed by atoms with van der Waals surface area (Å²) in [5.74, 6) is 0.772. The van der Waals surface area contributed by atoms with Crippen LogP contribution in [0.3, 0.4) is 0 Å². The molecule has 0 bridgehead atoms. The van der Waals surface area contributed by atoms with E-state index in [9.17, 15) is 14.7 Å². The van der Waals surface area contributed by atoms with Gasteiger partial charge in [-0.2, -0.15) is 0 Å². The van der Waals surface area contributed by atoms with Crippen molar-refractivity contribution in [2.75, 3.05) is 4.90 Å². The summed E-state index contributed by atoms with van der Waals surface area (Å²) in [4.78, 5) is 25.4. The number of carbonyl (C=O) groups excluding carboxylic acids is 1. The van der Waals surface area contributed by atoms with E-state index in [1.165, 1.54) is 50.0 Å². The van der Waals surface area contributed by atoms with Gasteiger partial charge in [0.2, 0.25) is 5.91 Å². The summed E-state index contributed by atoms with van der Waals surface area (Å²) in [5, 5.41) is 9.52. The highest BCUT2D eigenvalue weighted by Gasteiger charge is 2.20. The fourth-order valence-electron chi connectivity index (χ4n) is 4.45. The molecule has 0 aromatic heterocycles. The van der Waals surface area contributed by atoms with Gasteiger partial charge in [0.05, 0.1) is 17.4 Å². The second-order valence-corrected chi connectivity index (χ2v) is 8.83. The Hall–Kier alpha value is -3.80. The van der Waals surface area contributed by atoms with E-state index in [0.29, 0.717) is 22.9 Å². The third-order valence-electron chi connectivity index (χ3n) is 6.20. The Morgan fingerprint density at radius 1 is 0.771 bits per heavy atom. The maximum absolute atomic E-state index is 12.4. The van der Waals surface area contributed by atoms with Crippen molar-refractivity contribution < 1.29 is 24.2 Å². The first-order valence-corrected chi connectivity index (χ1v) is 12.2. The zero-order valence-electron chi connectivity index (χ0n) is 20.0. The zero-order valence-corrected chi connectivity index (χ0v) is 20.0. The van der Waals surface area contributed by atoms with Crippen molar-refractivity contribution in [1.29, 1.82) is 0 Å². The number of ether oxygens (including phenoxy) is 2. The number of rotatable bonds is 7. The van der Waals surface area contributed by atoms with Crippen LogP contribution in [-0.4, -0.2) is 23.1 Å². The number of anilines is 2. The van der Waals surface area contributed by atoms with Gasteiger partial charge in [0.15, 0.2) is 0 Å². The number of para-hydroxylation sites is 1. The molecule has 1 aliphatic carbocycles. The smallest absolute Gasteiger partial charge is 0.337 e. The lowest BCUT2D eigenvalue weighted by atomic mass is 9.98. The van der Waals surface area contributed by atoms with Gasteiger partial charge in [-0.1, -0.05) is 31.4 Å². The van der Waals surface area contributed by atoms with E-state index in [-0.39, 0.29) is 17.6 Å². The van der Waals surface area contributed by atoms with Gasteiger partial charge in [0, 0.05) is 12.6 Å². The number of nitrogens with zero attached hydrogens (tertiary/aromatic N) is 1. The summed E-state index contributed by atoms with van der Waals surface area (Å²) in [6.45, 7) is 1.41. The minimum atomic E-state index is -1.09. The Morgan fingerprint density at radius 3 is 1.91 bits per heavy atom. The second kappa shape index (κ2) is 11.6. The molecule has 6 heteroatoms. The molecule has 4 rings (SSSR count). The van der Waals surface area contributed by atoms with Crippen LogP contribution in [0, 0.1) is 0 Å². The van der Waals surface area contributed by atoms with Crippen LogP contribution in [0.2, 0.25) is 0 Å². The molecule has 35 heavy (non-hydrogen) atoms. The lowest BCUT2D eigenvalue weighted by Gasteiger charge is -2.23. The number of amides is 1.